The summed E-state index contributed by atoms with van der Waals surface area (Å²) in [4.78, 5) is 1.81. The summed E-state index contributed by atoms with van der Waals surface area (Å²) >= 11 is 0. The van der Waals surface area contributed by atoms with Gasteiger partial charge in [0, 0.05) is 25.9 Å². The Balaban J connectivity index is 2.85. The third-order valence-electron chi connectivity index (χ3n) is 1.45. The van der Waals surface area contributed by atoms with E-state index in [1.54, 1.807) is 6.20 Å². The van der Waals surface area contributed by atoms with Gasteiger partial charge in [0.15, 0.2) is 0 Å². The van der Waals surface area contributed by atoms with Crippen LogP contribution in [0.2, 0.25) is 0 Å². The van der Waals surface area contributed by atoms with Crippen LogP contribution in [0.25, 0.3) is 5.76 Å². The number of hydrogen-bond donors (Lipinski definition) is 1. The summed E-state index contributed by atoms with van der Waals surface area (Å²) in [6, 6.07) is 9.46. The van der Waals surface area contributed by atoms with E-state index in [1.165, 1.54) is 0 Å². The standard InChI is InChI=1S/C10H13NO/c1-11(2)8-10(12)9-6-4-3-5-7-9/h3-8,12H,1-2H3. The van der Waals surface area contributed by atoms with E-state index in [4.69, 9.17) is 0 Å². The normalized spacial score (nSPS) is 11.3. The highest BCUT2D eigenvalue weighted by Crippen LogP contribution is 2.09. The lowest BCUT2D eigenvalue weighted by molar-refractivity contribution is 0.480. The predicted molar refractivity (Wildman–Crippen MR) is 50.7 cm³/mol. The summed E-state index contributed by atoms with van der Waals surface area (Å²) in [6.45, 7) is 0. The second-order valence-electron chi connectivity index (χ2n) is 2.84. The van der Waals surface area contributed by atoms with Crippen molar-refractivity contribution in [3.63, 3.8) is 0 Å². The molecule has 1 rings (SSSR count). The van der Waals surface area contributed by atoms with Gasteiger partial charge < -0.3 is 10.0 Å². The first-order valence-electron chi connectivity index (χ1n) is 3.83. The van der Waals surface area contributed by atoms with Crippen LogP contribution in [0.15, 0.2) is 36.5 Å². The molecule has 12 heavy (non-hydrogen) atoms. The molecule has 0 heterocycles. The Morgan fingerprint density at radius 3 is 2.33 bits per heavy atom. The number of hydrogen-bond acceptors (Lipinski definition) is 2. The summed E-state index contributed by atoms with van der Waals surface area (Å²) in [6.07, 6.45) is 1.68. The van der Waals surface area contributed by atoms with Crippen molar-refractivity contribution in [2.45, 2.75) is 0 Å². The zero-order valence-electron chi connectivity index (χ0n) is 7.36. The Hall–Kier alpha value is -1.44. The number of rotatable bonds is 2. The molecule has 1 aromatic carbocycles. The van der Waals surface area contributed by atoms with E-state index in [-0.39, 0.29) is 0 Å². The van der Waals surface area contributed by atoms with Crippen LogP contribution in [-0.2, 0) is 0 Å². The van der Waals surface area contributed by atoms with E-state index in [2.05, 4.69) is 0 Å². The molecule has 1 aromatic rings. The fraction of sp³-hybridized carbons (Fsp3) is 0.200. The minimum atomic E-state index is 0.292. The zero-order valence-corrected chi connectivity index (χ0v) is 7.36. The Bertz CT molecular complexity index is 264. The minimum Gasteiger partial charge on any atom is -0.506 e. The van der Waals surface area contributed by atoms with Gasteiger partial charge in [-0.15, -0.1) is 0 Å². The van der Waals surface area contributed by atoms with Gasteiger partial charge in [-0.3, -0.25) is 0 Å². The van der Waals surface area contributed by atoms with Crippen LogP contribution >= 0.6 is 0 Å². The van der Waals surface area contributed by atoms with Crippen LogP contribution in [-0.4, -0.2) is 24.1 Å². The van der Waals surface area contributed by atoms with Crippen molar-refractivity contribution < 1.29 is 5.11 Å². The Morgan fingerprint density at radius 1 is 1.25 bits per heavy atom. The lowest BCUT2D eigenvalue weighted by atomic mass is 10.2. The van der Waals surface area contributed by atoms with Gasteiger partial charge in [-0.2, -0.15) is 0 Å². The second kappa shape index (κ2) is 3.81. The first-order chi connectivity index (χ1) is 5.70. The summed E-state index contributed by atoms with van der Waals surface area (Å²) in [5, 5.41) is 9.51. The van der Waals surface area contributed by atoms with Crippen LogP contribution in [0.5, 0.6) is 0 Å². The average Bonchev–Trinajstić information content (AvgIpc) is 2.05. The monoisotopic (exact) mass is 163 g/mol. The maximum atomic E-state index is 9.51. The molecule has 0 saturated carbocycles. The molecule has 2 heteroatoms. The van der Waals surface area contributed by atoms with Crippen LogP contribution < -0.4 is 0 Å². The Morgan fingerprint density at radius 2 is 1.83 bits per heavy atom. The highest BCUT2D eigenvalue weighted by atomic mass is 16.3. The molecular weight excluding hydrogens is 150 g/mol. The number of benzene rings is 1. The van der Waals surface area contributed by atoms with Gasteiger partial charge >= 0.3 is 0 Å². The smallest absolute Gasteiger partial charge is 0.138 e. The molecule has 0 amide bonds. The van der Waals surface area contributed by atoms with Gasteiger partial charge in [0.2, 0.25) is 0 Å². The Kier molecular flexibility index (Phi) is 2.75. The van der Waals surface area contributed by atoms with Gasteiger partial charge in [-0.25, -0.2) is 0 Å². The van der Waals surface area contributed by atoms with Gasteiger partial charge in [0.25, 0.3) is 0 Å². The second-order valence-corrected chi connectivity index (χ2v) is 2.84. The molecule has 0 aromatic heterocycles. The molecule has 0 saturated heterocycles. The quantitative estimate of drug-likeness (QED) is 0.675. The summed E-state index contributed by atoms with van der Waals surface area (Å²) in [7, 11) is 3.75. The molecule has 1 N–H and O–H groups in total. The Labute approximate surface area is 72.8 Å². The molecular formula is C10H13NO. The highest BCUT2D eigenvalue weighted by Gasteiger charge is 1.95. The van der Waals surface area contributed by atoms with Crippen molar-refractivity contribution >= 4 is 5.76 Å². The molecule has 0 aliphatic heterocycles. The number of aliphatic hydroxyl groups excluding tert-OH is 1. The summed E-state index contributed by atoms with van der Waals surface area (Å²) in [5.74, 6) is 0.292. The van der Waals surface area contributed by atoms with Gasteiger partial charge in [-0.05, 0) is 0 Å². The van der Waals surface area contributed by atoms with E-state index in [0.717, 1.165) is 5.56 Å². The maximum absolute atomic E-state index is 9.51. The third kappa shape index (κ3) is 2.31. The maximum Gasteiger partial charge on any atom is 0.138 e. The van der Waals surface area contributed by atoms with E-state index in [0.29, 0.717) is 5.76 Å². The van der Waals surface area contributed by atoms with E-state index >= 15 is 0 Å². The molecule has 0 bridgehead atoms. The van der Waals surface area contributed by atoms with Crippen LogP contribution in [0.3, 0.4) is 0 Å². The van der Waals surface area contributed by atoms with Gasteiger partial charge in [-0.1, -0.05) is 30.3 Å². The first kappa shape index (κ1) is 8.65. The molecule has 0 radical (unpaired) electrons. The van der Waals surface area contributed by atoms with Gasteiger partial charge in [0.1, 0.15) is 5.76 Å². The van der Waals surface area contributed by atoms with Crippen molar-refractivity contribution in [3.05, 3.63) is 42.1 Å². The molecule has 0 atom stereocenters. The van der Waals surface area contributed by atoms with Crippen molar-refractivity contribution in [1.82, 2.24) is 4.90 Å². The van der Waals surface area contributed by atoms with E-state index in [9.17, 15) is 5.11 Å². The SMILES string of the molecule is CN(C)C=C(O)c1ccccc1. The fourth-order valence-electron chi connectivity index (χ4n) is 0.928. The average molecular weight is 163 g/mol. The molecule has 0 unspecified atom stereocenters. The molecule has 0 spiro atoms. The topological polar surface area (TPSA) is 23.5 Å². The predicted octanol–water partition coefficient (Wildman–Crippen LogP) is 2.10. The van der Waals surface area contributed by atoms with Crippen molar-refractivity contribution in [3.8, 4) is 0 Å². The largest absolute Gasteiger partial charge is 0.506 e. The fourth-order valence-corrected chi connectivity index (χ4v) is 0.928. The minimum absolute atomic E-state index is 0.292. The zero-order chi connectivity index (χ0) is 8.97. The van der Waals surface area contributed by atoms with Crippen LogP contribution in [0, 0.1) is 0 Å². The van der Waals surface area contributed by atoms with Gasteiger partial charge in [0.05, 0.1) is 0 Å². The van der Waals surface area contributed by atoms with E-state index in [1.807, 2.05) is 49.3 Å². The molecule has 64 valence electrons. The molecule has 2 nitrogen and oxygen atoms in total. The van der Waals surface area contributed by atoms with Crippen molar-refractivity contribution in [2.75, 3.05) is 14.1 Å². The summed E-state index contributed by atoms with van der Waals surface area (Å²) < 4.78 is 0. The van der Waals surface area contributed by atoms with Crippen molar-refractivity contribution in [1.29, 1.82) is 0 Å². The van der Waals surface area contributed by atoms with Crippen molar-refractivity contribution in [2.24, 2.45) is 0 Å². The lowest BCUT2D eigenvalue weighted by Gasteiger charge is -2.06. The number of aliphatic hydroxyl groups is 1. The lowest BCUT2D eigenvalue weighted by Crippen LogP contribution is -2.02. The van der Waals surface area contributed by atoms with Crippen LogP contribution in [0.4, 0.5) is 0 Å². The van der Waals surface area contributed by atoms with E-state index < -0.39 is 0 Å². The molecule has 0 fully saturated rings. The number of nitrogens with zero attached hydrogens (tertiary/aromatic N) is 1. The third-order valence-corrected chi connectivity index (χ3v) is 1.45. The first-order valence-corrected chi connectivity index (χ1v) is 3.83. The van der Waals surface area contributed by atoms with Crippen LogP contribution in [0.1, 0.15) is 5.56 Å². The highest BCUT2D eigenvalue weighted by molar-refractivity contribution is 5.57. The molecule has 0 aliphatic carbocycles. The summed E-state index contributed by atoms with van der Waals surface area (Å²) in [5.41, 5.74) is 0.839. The molecule has 0 aliphatic rings.